The Bertz CT molecular complexity index is 80.9. The van der Waals surface area contributed by atoms with Gasteiger partial charge in [-0.15, -0.1) is 0 Å². The molecule has 1 saturated carbocycles. The fraction of sp³-hybridized carbons (Fsp3) is 1.00. The molecule has 0 aliphatic heterocycles. The van der Waals surface area contributed by atoms with Crippen LogP contribution in [0.4, 0.5) is 0 Å². The van der Waals surface area contributed by atoms with Crippen LogP contribution in [0.15, 0.2) is 0 Å². The monoisotopic (exact) mass is 158 g/mol. The van der Waals surface area contributed by atoms with Gasteiger partial charge in [0.2, 0.25) is 0 Å². The molecule has 0 amide bonds. The second-order valence-corrected chi connectivity index (χ2v) is 3.04. The van der Waals surface area contributed by atoms with E-state index in [2.05, 4.69) is 6.92 Å². The van der Waals surface area contributed by atoms with E-state index in [1.165, 1.54) is 25.7 Å². The van der Waals surface area contributed by atoms with Crippen molar-refractivity contribution in [3.8, 4) is 0 Å². The highest BCUT2D eigenvalue weighted by Gasteiger charge is 2.19. The summed E-state index contributed by atoms with van der Waals surface area (Å²) < 4.78 is 5.30. The summed E-state index contributed by atoms with van der Waals surface area (Å²) in [5.41, 5.74) is 0. The zero-order valence-electron chi connectivity index (χ0n) is 8.39. The molecule has 0 aromatic heterocycles. The number of hydrogen-bond acceptors (Lipinski definition) is 1. The number of hydrogen-bond donors (Lipinski definition) is 0. The van der Waals surface area contributed by atoms with Gasteiger partial charge in [-0.3, -0.25) is 0 Å². The highest BCUT2D eigenvalue weighted by atomic mass is 16.5. The van der Waals surface area contributed by atoms with Crippen molar-refractivity contribution in [2.24, 2.45) is 5.92 Å². The Balaban J connectivity index is 0.000000461. The maximum atomic E-state index is 5.30. The standard InChI is InChI=1S/C8H16O.C2H6/c1-7-5-3-4-6-8(7)9-2;1-2/h7-8H,3-6H2,1-2H3;1-2H3/t7?,8-;/m1./s1. The van der Waals surface area contributed by atoms with Crippen LogP contribution >= 0.6 is 0 Å². The van der Waals surface area contributed by atoms with Crippen molar-refractivity contribution in [2.45, 2.75) is 52.6 Å². The normalized spacial score (nSPS) is 30.5. The lowest BCUT2D eigenvalue weighted by Crippen LogP contribution is -2.23. The van der Waals surface area contributed by atoms with Gasteiger partial charge >= 0.3 is 0 Å². The molecule has 1 aliphatic carbocycles. The Labute approximate surface area is 71.1 Å². The van der Waals surface area contributed by atoms with Gasteiger partial charge in [0.05, 0.1) is 6.10 Å². The molecule has 0 aromatic rings. The lowest BCUT2D eigenvalue weighted by Gasteiger charge is -2.26. The van der Waals surface area contributed by atoms with E-state index in [9.17, 15) is 0 Å². The van der Waals surface area contributed by atoms with Crippen LogP contribution < -0.4 is 0 Å². The van der Waals surface area contributed by atoms with Crippen molar-refractivity contribution in [2.75, 3.05) is 7.11 Å². The molecule has 1 nitrogen and oxygen atoms in total. The summed E-state index contributed by atoms with van der Waals surface area (Å²) in [7, 11) is 1.83. The largest absolute Gasteiger partial charge is 0.381 e. The van der Waals surface area contributed by atoms with Crippen LogP contribution in [0.3, 0.4) is 0 Å². The molecule has 1 heteroatoms. The van der Waals surface area contributed by atoms with Gasteiger partial charge in [-0.1, -0.05) is 33.6 Å². The van der Waals surface area contributed by atoms with Crippen LogP contribution in [0, 0.1) is 5.92 Å². The lowest BCUT2D eigenvalue weighted by atomic mass is 9.88. The predicted molar refractivity (Wildman–Crippen MR) is 49.8 cm³/mol. The van der Waals surface area contributed by atoms with Crippen molar-refractivity contribution in [3.05, 3.63) is 0 Å². The molecule has 0 radical (unpaired) electrons. The molecule has 1 rings (SSSR count). The zero-order valence-corrected chi connectivity index (χ0v) is 8.39. The highest BCUT2D eigenvalue weighted by molar-refractivity contribution is 4.71. The van der Waals surface area contributed by atoms with Gasteiger partial charge in [-0.05, 0) is 18.8 Å². The molecule has 0 aromatic carbocycles. The quantitative estimate of drug-likeness (QED) is 0.569. The second-order valence-electron chi connectivity index (χ2n) is 3.04. The van der Waals surface area contributed by atoms with E-state index >= 15 is 0 Å². The van der Waals surface area contributed by atoms with Crippen molar-refractivity contribution in [3.63, 3.8) is 0 Å². The third kappa shape index (κ3) is 3.76. The van der Waals surface area contributed by atoms with Crippen LogP contribution in [0.5, 0.6) is 0 Å². The van der Waals surface area contributed by atoms with Gasteiger partial charge < -0.3 is 4.74 Å². The van der Waals surface area contributed by atoms with Crippen LogP contribution in [-0.4, -0.2) is 13.2 Å². The van der Waals surface area contributed by atoms with Crippen molar-refractivity contribution >= 4 is 0 Å². The van der Waals surface area contributed by atoms with E-state index in [-0.39, 0.29) is 0 Å². The Morgan fingerprint density at radius 3 is 2.00 bits per heavy atom. The maximum absolute atomic E-state index is 5.30. The molecule has 1 aliphatic rings. The number of rotatable bonds is 1. The molecular weight excluding hydrogens is 136 g/mol. The first-order valence-corrected chi connectivity index (χ1v) is 4.87. The van der Waals surface area contributed by atoms with Gasteiger partial charge in [0, 0.05) is 7.11 Å². The van der Waals surface area contributed by atoms with Gasteiger partial charge in [0.1, 0.15) is 0 Å². The van der Waals surface area contributed by atoms with Crippen molar-refractivity contribution in [1.29, 1.82) is 0 Å². The minimum atomic E-state index is 0.554. The summed E-state index contributed by atoms with van der Waals surface area (Å²) in [4.78, 5) is 0. The average molecular weight is 158 g/mol. The summed E-state index contributed by atoms with van der Waals surface area (Å²) in [5.74, 6) is 0.795. The van der Waals surface area contributed by atoms with Crippen LogP contribution in [0.25, 0.3) is 0 Å². The molecule has 68 valence electrons. The van der Waals surface area contributed by atoms with E-state index in [0.29, 0.717) is 6.10 Å². The number of ether oxygens (including phenoxy) is 1. The fourth-order valence-corrected chi connectivity index (χ4v) is 1.63. The zero-order chi connectivity index (χ0) is 8.69. The average Bonchev–Trinajstić information content (AvgIpc) is 2.09. The van der Waals surface area contributed by atoms with E-state index in [4.69, 9.17) is 4.74 Å². The van der Waals surface area contributed by atoms with Gasteiger partial charge in [-0.25, -0.2) is 0 Å². The van der Waals surface area contributed by atoms with Crippen LogP contribution in [0.2, 0.25) is 0 Å². The molecule has 0 spiro atoms. The topological polar surface area (TPSA) is 9.23 Å². The molecule has 0 saturated heterocycles. The van der Waals surface area contributed by atoms with Crippen molar-refractivity contribution < 1.29 is 4.74 Å². The molecule has 0 N–H and O–H groups in total. The minimum Gasteiger partial charge on any atom is -0.381 e. The predicted octanol–water partition coefficient (Wildman–Crippen LogP) is 3.24. The van der Waals surface area contributed by atoms with E-state index in [1.54, 1.807) is 0 Å². The molecule has 1 fully saturated rings. The third-order valence-electron chi connectivity index (χ3n) is 2.34. The second kappa shape index (κ2) is 6.66. The highest BCUT2D eigenvalue weighted by Crippen LogP contribution is 2.25. The van der Waals surface area contributed by atoms with E-state index < -0.39 is 0 Å². The van der Waals surface area contributed by atoms with Gasteiger partial charge in [-0.2, -0.15) is 0 Å². The molecule has 0 bridgehead atoms. The summed E-state index contributed by atoms with van der Waals surface area (Å²) in [6.07, 6.45) is 5.96. The van der Waals surface area contributed by atoms with Gasteiger partial charge in [0.25, 0.3) is 0 Å². The summed E-state index contributed by atoms with van der Waals surface area (Å²) in [6.45, 7) is 6.29. The molecule has 1 unspecified atom stereocenters. The first-order valence-electron chi connectivity index (χ1n) is 4.87. The van der Waals surface area contributed by atoms with Crippen LogP contribution in [-0.2, 0) is 4.74 Å². The molecular formula is C10H22O. The minimum absolute atomic E-state index is 0.554. The first-order chi connectivity index (χ1) is 5.34. The first kappa shape index (κ1) is 11.0. The lowest BCUT2D eigenvalue weighted by molar-refractivity contribution is 0.0310. The smallest absolute Gasteiger partial charge is 0.0596 e. The summed E-state index contributed by atoms with van der Waals surface area (Å²) >= 11 is 0. The summed E-state index contributed by atoms with van der Waals surface area (Å²) in [5, 5.41) is 0. The Hall–Kier alpha value is -0.0400. The van der Waals surface area contributed by atoms with Crippen molar-refractivity contribution in [1.82, 2.24) is 0 Å². The van der Waals surface area contributed by atoms with Gasteiger partial charge in [0.15, 0.2) is 0 Å². The van der Waals surface area contributed by atoms with E-state index in [0.717, 1.165) is 5.92 Å². The summed E-state index contributed by atoms with van der Waals surface area (Å²) in [6, 6.07) is 0. The molecule has 2 atom stereocenters. The molecule has 0 heterocycles. The Kier molecular flexibility index (Phi) is 6.63. The molecule has 11 heavy (non-hydrogen) atoms. The maximum Gasteiger partial charge on any atom is 0.0596 e. The van der Waals surface area contributed by atoms with E-state index in [1.807, 2.05) is 21.0 Å². The third-order valence-corrected chi connectivity index (χ3v) is 2.34. The Morgan fingerprint density at radius 1 is 1.09 bits per heavy atom. The fourth-order valence-electron chi connectivity index (χ4n) is 1.63. The Morgan fingerprint density at radius 2 is 1.64 bits per heavy atom. The SMILES string of the molecule is CC.CO[C@@H]1CCCCC1C. The number of methoxy groups -OCH3 is 1. The van der Waals surface area contributed by atoms with Crippen LogP contribution in [0.1, 0.15) is 46.5 Å².